The Hall–Kier alpha value is -0.340. The van der Waals surface area contributed by atoms with E-state index in [9.17, 15) is 0 Å². The molecule has 0 amide bonds. The van der Waals surface area contributed by atoms with Crippen molar-refractivity contribution in [1.29, 1.82) is 0 Å². The molecule has 1 unspecified atom stereocenters. The van der Waals surface area contributed by atoms with Gasteiger partial charge in [-0.3, -0.25) is 0 Å². The van der Waals surface area contributed by atoms with Gasteiger partial charge in [0.05, 0.1) is 0 Å². The second kappa shape index (κ2) is 2.86. The molecular weight excluding hydrogens is 152 g/mol. The average molecular weight is 168 g/mol. The molecule has 0 aromatic carbocycles. The van der Waals surface area contributed by atoms with Crippen molar-refractivity contribution in [2.24, 2.45) is 11.8 Å². The molecule has 3 aliphatic rings. The van der Waals surface area contributed by atoms with Crippen LogP contribution < -0.4 is 0 Å². The summed E-state index contributed by atoms with van der Waals surface area (Å²) in [7, 11) is 0. The number of rotatable bonds is 1. The lowest BCUT2D eigenvalue weighted by molar-refractivity contribution is -0.379. The van der Waals surface area contributed by atoms with Crippen molar-refractivity contribution in [2.75, 3.05) is 0 Å². The first-order valence-electron chi connectivity index (χ1n) is 4.69. The van der Waals surface area contributed by atoms with E-state index in [2.05, 4.69) is 26.8 Å². The summed E-state index contributed by atoms with van der Waals surface area (Å²) in [5, 5.41) is 0. The second-order valence-electron chi connectivity index (χ2n) is 4.20. The first-order valence-corrected chi connectivity index (χ1v) is 4.69. The van der Waals surface area contributed by atoms with Crippen molar-refractivity contribution in [2.45, 2.75) is 39.4 Å². The van der Waals surface area contributed by atoms with Gasteiger partial charge in [-0.05, 0) is 30.8 Å². The predicted octanol–water partition coefficient (Wildman–Crippen LogP) is 2.31. The predicted molar refractivity (Wildman–Crippen MR) is 46.4 cm³/mol. The third-order valence-corrected chi connectivity index (χ3v) is 2.98. The Bertz CT molecular complexity index is 208. The Morgan fingerprint density at radius 3 is 2.58 bits per heavy atom. The fourth-order valence-corrected chi connectivity index (χ4v) is 2.05. The van der Waals surface area contributed by atoms with Gasteiger partial charge in [0.15, 0.2) is 0 Å². The Kier molecular flexibility index (Phi) is 1.97. The van der Waals surface area contributed by atoms with Crippen LogP contribution in [0, 0.1) is 11.8 Å². The van der Waals surface area contributed by atoms with Gasteiger partial charge < -0.3 is 0 Å². The fraction of sp³-hybridized carbons (Fsp3) is 0.800. The quantitative estimate of drug-likeness (QED) is 0.442. The molecule has 12 heavy (non-hydrogen) atoms. The van der Waals surface area contributed by atoms with Crippen molar-refractivity contribution < 1.29 is 9.78 Å². The van der Waals surface area contributed by atoms with Gasteiger partial charge in [0.25, 0.3) is 0 Å². The van der Waals surface area contributed by atoms with E-state index in [0.717, 1.165) is 6.42 Å². The molecule has 3 atom stereocenters. The molecule has 0 radical (unpaired) electrons. The third-order valence-electron chi connectivity index (χ3n) is 2.98. The van der Waals surface area contributed by atoms with Crippen LogP contribution in [0.5, 0.6) is 0 Å². The van der Waals surface area contributed by atoms with Crippen molar-refractivity contribution in [1.82, 2.24) is 0 Å². The zero-order valence-electron chi connectivity index (χ0n) is 7.91. The van der Waals surface area contributed by atoms with Gasteiger partial charge in [-0.2, -0.15) is 0 Å². The molecule has 0 saturated carbocycles. The molecule has 1 fully saturated rings. The number of hydrogen-bond acceptors (Lipinski definition) is 2. The van der Waals surface area contributed by atoms with Crippen LogP contribution in [0.3, 0.4) is 0 Å². The van der Waals surface area contributed by atoms with Crippen LogP contribution in [0.1, 0.15) is 27.2 Å². The SMILES string of the molecule is CC1=C[C@H]2OO[C@@H]1CC2C(C)C. The molecule has 2 heterocycles. The summed E-state index contributed by atoms with van der Waals surface area (Å²) in [6.45, 7) is 6.62. The standard InChI is InChI=1S/C10H16O2/c1-6(2)8-5-9-7(3)4-10(8)12-11-9/h4,6,8-10H,5H2,1-3H3/t8?,9-,10-/m1/s1. The minimum atomic E-state index is 0.204. The average Bonchev–Trinajstić information content (AvgIpc) is 2.04. The Morgan fingerprint density at radius 1 is 1.42 bits per heavy atom. The van der Waals surface area contributed by atoms with E-state index in [1.807, 2.05) is 0 Å². The molecule has 2 aliphatic heterocycles. The van der Waals surface area contributed by atoms with E-state index < -0.39 is 0 Å². The van der Waals surface area contributed by atoms with Crippen LogP contribution in [0.2, 0.25) is 0 Å². The molecule has 1 aliphatic carbocycles. The summed E-state index contributed by atoms with van der Waals surface area (Å²) in [5.74, 6) is 1.33. The molecule has 68 valence electrons. The van der Waals surface area contributed by atoms with Crippen LogP contribution in [-0.2, 0) is 9.78 Å². The van der Waals surface area contributed by atoms with Crippen LogP contribution in [0.4, 0.5) is 0 Å². The molecule has 2 nitrogen and oxygen atoms in total. The van der Waals surface area contributed by atoms with Crippen molar-refractivity contribution in [3.63, 3.8) is 0 Å². The van der Waals surface area contributed by atoms with Gasteiger partial charge in [-0.25, -0.2) is 9.78 Å². The van der Waals surface area contributed by atoms with Gasteiger partial charge in [-0.15, -0.1) is 0 Å². The van der Waals surface area contributed by atoms with E-state index >= 15 is 0 Å². The third kappa shape index (κ3) is 1.19. The van der Waals surface area contributed by atoms with E-state index in [0.29, 0.717) is 11.8 Å². The van der Waals surface area contributed by atoms with Crippen LogP contribution in [-0.4, -0.2) is 12.2 Å². The smallest absolute Gasteiger partial charge is 0.115 e. The lowest BCUT2D eigenvalue weighted by Gasteiger charge is -2.40. The highest BCUT2D eigenvalue weighted by Crippen LogP contribution is 2.37. The van der Waals surface area contributed by atoms with Gasteiger partial charge in [0.1, 0.15) is 12.2 Å². The van der Waals surface area contributed by atoms with E-state index in [1.165, 1.54) is 5.57 Å². The zero-order valence-corrected chi connectivity index (χ0v) is 7.91. The van der Waals surface area contributed by atoms with Gasteiger partial charge in [0.2, 0.25) is 0 Å². The van der Waals surface area contributed by atoms with Crippen LogP contribution in [0.25, 0.3) is 0 Å². The normalized spacial score (nSPS) is 40.3. The highest BCUT2D eigenvalue weighted by molar-refractivity contribution is 5.16. The summed E-state index contributed by atoms with van der Waals surface area (Å²) >= 11 is 0. The Balaban J connectivity index is 2.17. The summed E-state index contributed by atoms with van der Waals surface area (Å²) in [4.78, 5) is 10.4. The van der Waals surface area contributed by atoms with Gasteiger partial charge in [-0.1, -0.05) is 19.9 Å². The highest BCUT2D eigenvalue weighted by atomic mass is 17.2. The monoisotopic (exact) mass is 168 g/mol. The van der Waals surface area contributed by atoms with E-state index in [1.54, 1.807) is 0 Å². The maximum atomic E-state index is 5.24. The van der Waals surface area contributed by atoms with Gasteiger partial charge in [0, 0.05) is 0 Å². The molecule has 0 N–H and O–H groups in total. The molecule has 2 heteroatoms. The first-order chi connectivity index (χ1) is 5.68. The summed E-state index contributed by atoms with van der Waals surface area (Å²) < 4.78 is 0. The fourth-order valence-electron chi connectivity index (χ4n) is 2.05. The first kappa shape index (κ1) is 8.27. The lowest BCUT2D eigenvalue weighted by atomic mass is 9.78. The van der Waals surface area contributed by atoms with Crippen molar-refractivity contribution in [3.05, 3.63) is 11.6 Å². The largest absolute Gasteiger partial charge is 0.228 e. The Labute approximate surface area is 73.5 Å². The molecule has 0 aromatic heterocycles. The molecule has 2 bridgehead atoms. The van der Waals surface area contributed by atoms with Crippen LogP contribution >= 0.6 is 0 Å². The molecule has 0 aromatic rings. The Morgan fingerprint density at radius 2 is 2.17 bits per heavy atom. The highest BCUT2D eigenvalue weighted by Gasteiger charge is 2.38. The molecule has 0 spiro atoms. The van der Waals surface area contributed by atoms with Gasteiger partial charge >= 0.3 is 0 Å². The summed E-state index contributed by atoms with van der Waals surface area (Å²) in [6.07, 6.45) is 3.77. The number of fused-ring (bicyclic) bond motifs is 2. The molecule has 1 saturated heterocycles. The minimum absolute atomic E-state index is 0.204. The second-order valence-corrected chi connectivity index (χ2v) is 4.20. The lowest BCUT2D eigenvalue weighted by Crippen LogP contribution is -2.42. The topological polar surface area (TPSA) is 18.5 Å². The number of hydrogen-bond donors (Lipinski definition) is 0. The summed E-state index contributed by atoms with van der Waals surface area (Å²) in [6, 6.07) is 0. The van der Waals surface area contributed by atoms with Crippen molar-refractivity contribution in [3.8, 4) is 0 Å². The van der Waals surface area contributed by atoms with Crippen LogP contribution in [0.15, 0.2) is 11.6 Å². The summed E-state index contributed by atoms with van der Waals surface area (Å²) in [5.41, 5.74) is 1.34. The maximum absolute atomic E-state index is 5.24. The molecule has 3 rings (SSSR count). The minimum Gasteiger partial charge on any atom is -0.228 e. The zero-order chi connectivity index (χ0) is 8.72. The molecular formula is C10H16O2. The van der Waals surface area contributed by atoms with E-state index in [-0.39, 0.29) is 12.2 Å². The maximum Gasteiger partial charge on any atom is 0.115 e. The van der Waals surface area contributed by atoms with Crippen molar-refractivity contribution >= 4 is 0 Å². The van der Waals surface area contributed by atoms with E-state index in [4.69, 9.17) is 9.78 Å².